The lowest BCUT2D eigenvalue weighted by Gasteiger charge is -2.40. The van der Waals surface area contributed by atoms with Crippen LogP contribution in [0.15, 0.2) is 24.3 Å². The summed E-state index contributed by atoms with van der Waals surface area (Å²) in [5.74, 6) is 0.779. The third-order valence-corrected chi connectivity index (χ3v) is 6.25. The second-order valence-corrected chi connectivity index (χ2v) is 9.59. The molecule has 1 aromatic rings. The Morgan fingerprint density at radius 1 is 0.957 bits per heavy atom. The van der Waals surface area contributed by atoms with Gasteiger partial charge in [-0.15, -0.1) is 0 Å². The molecule has 0 radical (unpaired) electrons. The molecule has 2 aliphatic rings. The summed E-state index contributed by atoms with van der Waals surface area (Å²) in [6.07, 6.45) is 8.15. The van der Waals surface area contributed by atoms with Gasteiger partial charge in [0.2, 0.25) is 0 Å². The van der Waals surface area contributed by atoms with Crippen LogP contribution in [-0.4, -0.2) is 17.0 Å². The predicted octanol–water partition coefficient (Wildman–Crippen LogP) is 6.31. The van der Waals surface area contributed by atoms with E-state index in [9.17, 15) is 0 Å². The molecule has 1 heteroatoms. The summed E-state index contributed by atoms with van der Waals surface area (Å²) in [6.45, 7) is 13.2. The summed E-state index contributed by atoms with van der Waals surface area (Å²) < 4.78 is 0. The molecule has 1 heterocycles. The van der Waals surface area contributed by atoms with E-state index in [4.69, 9.17) is 0 Å². The maximum atomic E-state index is 2.73. The molecular weight excluding hydrogens is 278 g/mol. The van der Waals surface area contributed by atoms with Crippen LogP contribution in [0, 0.1) is 5.41 Å². The highest BCUT2D eigenvalue weighted by Gasteiger charge is 2.36. The lowest BCUT2D eigenvalue weighted by molar-refractivity contribution is 0.120. The van der Waals surface area contributed by atoms with Crippen molar-refractivity contribution in [3.63, 3.8) is 0 Å². The van der Waals surface area contributed by atoms with Gasteiger partial charge in [0.1, 0.15) is 0 Å². The van der Waals surface area contributed by atoms with Gasteiger partial charge in [0.25, 0.3) is 0 Å². The Morgan fingerprint density at radius 2 is 1.57 bits per heavy atom. The van der Waals surface area contributed by atoms with Gasteiger partial charge < -0.3 is 0 Å². The van der Waals surface area contributed by atoms with Gasteiger partial charge in [0, 0.05) is 11.6 Å². The quantitative estimate of drug-likeness (QED) is 0.618. The lowest BCUT2D eigenvalue weighted by Crippen LogP contribution is -2.41. The van der Waals surface area contributed by atoms with Gasteiger partial charge in [0.05, 0.1) is 0 Å². The van der Waals surface area contributed by atoms with Gasteiger partial charge in [0.15, 0.2) is 0 Å². The van der Waals surface area contributed by atoms with Gasteiger partial charge in [-0.25, -0.2) is 0 Å². The molecule has 3 rings (SSSR count). The van der Waals surface area contributed by atoms with Crippen molar-refractivity contribution in [2.45, 2.75) is 90.6 Å². The summed E-state index contributed by atoms with van der Waals surface area (Å²) in [6, 6.07) is 9.99. The molecule has 1 saturated carbocycles. The van der Waals surface area contributed by atoms with E-state index in [0.29, 0.717) is 11.5 Å². The molecule has 1 nitrogen and oxygen atoms in total. The van der Waals surface area contributed by atoms with Crippen molar-refractivity contribution in [2.75, 3.05) is 6.54 Å². The second kappa shape index (κ2) is 6.24. The van der Waals surface area contributed by atoms with E-state index in [1.165, 1.54) is 45.1 Å². The molecule has 1 saturated heterocycles. The van der Waals surface area contributed by atoms with Crippen molar-refractivity contribution >= 4 is 0 Å². The third kappa shape index (κ3) is 3.65. The third-order valence-electron chi connectivity index (χ3n) is 6.25. The van der Waals surface area contributed by atoms with Crippen LogP contribution in [0.25, 0.3) is 0 Å². The Hall–Kier alpha value is -0.820. The van der Waals surface area contributed by atoms with Crippen molar-refractivity contribution in [2.24, 2.45) is 5.41 Å². The van der Waals surface area contributed by atoms with E-state index < -0.39 is 0 Å². The van der Waals surface area contributed by atoms with Gasteiger partial charge in [-0.05, 0) is 88.3 Å². The molecule has 1 aliphatic heterocycles. The van der Waals surface area contributed by atoms with Crippen LogP contribution in [0.3, 0.4) is 0 Å². The Kier molecular flexibility index (Phi) is 4.62. The van der Waals surface area contributed by atoms with Crippen LogP contribution in [-0.2, 0) is 0 Å². The first-order valence-electron chi connectivity index (χ1n) is 9.63. The van der Waals surface area contributed by atoms with Gasteiger partial charge in [-0.3, -0.25) is 4.90 Å². The maximum Gasteiger partial charge on any atom is 0.0356 e. The lowest BCUT2D eigenvalue weighted by atomic mass is 9.70. The van der Waals surface area contributed by atoms with Crippen molar-refractivity contribution in [1.82, 2.24) is 4.90 Å². The molecule has 0 N–H and O–H groups in total. The molecule has 1 atom stereocenters. The van der Waals surface area contributed by atoms with Crippen molar-refractivity contribution in [1.29, 1.82) is 0 Å². The number of likely N-dealkylation sites (tertiary alicyclic amines) is 1. The van der Waals surface area contributed by atoms with Gasteiger partial charge in [-0.2, -0.15) is 0 Å². The highest BCUT2D eigenvalue weighted by atomic mass is 15.2. The molecule has 23 heavy (non-hydrogen) atoms. The van der Waals surface area contributed by atoms with Crippen LogP contribution in [0.2, 0.25) is 0 Å². The minimum atomic E-state index is 0.267. The van der Waals surface area contributed by atoms with E-state index in [1.807, 2.05) is 0 Å². The Balaban J connectivity index is 1.87. The molecule has 0 aromatic heterocycles. The highest BCUT2D eigenvalue weighted by Crippen LogP contribution is 2.46. The number of benzene rings is 1. The highest BCUT2D eigenvalue weighted by molar-refractivity contribution is 5.34. The van der Waals surface area contributed by atoms with Crippen molar-refractivity contribution < 1.29 is 0 Å². The summed E-state index contributed by atoms with van der Waals surface area (Å²) in [7, 11) is 0. The number of hydrogen-bond donors (Lipinski definition) is 0. The first kappa shape index (κ1) is 17.0. The second-order valence-electron chi connectivity index (χ2n) is 9.59. The van der Waals surface area contributed by atoms with Crippen molar-refractivity contribution in [3.8, 4) is 0 Å². The molecule has 0 amide bonds. The van der Waals surface area contributed by atoms with Crippen LogP contribution >= 0.6 is 0 Å². The smallest absolute Gasteiger partial charge is 0.0356 e. The zero-order valence-corrected chi connectivity index (χ0v) is 15.9. The molecule has 1 aromatic carbocycles. The van der Waals surface area contributed by atoms with Crippen LogP contribution in [0.4, 0.5) is 0 Å². The molecule has 2 fully saturated rings. The Bertz CT molecular complexity index is 527. The monoisotopic (exact) mass is 313 g/mol. The van der Waals surface area contributed by atoms with Gasteiger partial charge in [-0.1, -0.05) is 38.1 Å². The fourth-order valence-electron chi connectivity index (χ4n) is 4.79. The Labute approximate surface area is 143 Å². The minimum absolute atomic E-state index is 0.267. The summed E-state index contributed by atoms with van der Waals surface area (Å²) in [5, 5.41) is 0. The number of nitrogens with zero attached hydrogens (tertiary/aromatic N) is 1. The minimum Gasteiger partial charge on any atom is -0.291 e. The first-order chi connectivity index (χ1) is 10.8. The zero-order chi connectivity index (χ0) is 16.7. The predicted molar refractivity (Wildman–Crippen MR) is 99.9 cm³/mol. The molecular formula is C22H35N. The molecule has 0 bridgehead atoms. The SMILES string of the molecule is CC1(C)CCC(c2ccccc2[C@@H]2CCCN2C(C)(C)C)CC1. The standard InChI is InChI=1S/C22H35N/c1-21(2,3)23-16-8-11-20(23)19-10-7-6-9-18(19)17-12-14-22(4,5)15-13-17/h6-7,9-10,17,20H,8,11-16H2,1-5H3/t20-/m0/s1. The number of rotatable bonds is 2. The van der Waals surface area contributed by atoms with Crippen molar-refractivity contribution in [3.05, 3.63) is 35.4 Å². The van der Waals surface area contributed by atoms with Crippen LogP contribution in [0.1, 0.15) is 96.2 Å². The summed E-state index contributed by atoms with van der Waals surface area (Å²) >= 11 is 0. The molecule has 0 spiro atoms. The molecule has 0 unspecified atom stereocenters. The topological polar surface area (TPSA) is 3.24 Å². The van der Waals surface area contributed by atoms with Gasteiger partial charge >= 0.3 is 0 Å². The van der Waals surface area contributed by atoms with E-state index in [-0.39, 0.29) is 5.54 Å². The van der Waals surface area contributed by atoms with Crippen LogP contribution in [0.5, 0.6) is 0 Å². The fourth-order valence-corrected chi connectivity index (χ4v) is 4.79. The normalized spacial score (nSPS) is 26.6. The van der Waals surface area contributed by atoms with E-state index >= 15 is 0 Å². The largest absolute Gasteiger partial charge is 0.291 e. The van der Waals surface area contributed by atoms with E-state index in [1.54, 1.807) is 11.1 Å². The molecule has 128 valence electrons. The average molecular weight is 314 g/mol. The van der Waals surface area contributed by atoms with E-state index in [0.717, 1.165) is 5.92 Å². The van der Waals surface area contributed by atoms with Crippen LogP contribution < -0.4 is 0 Å². The Morgan fingerprint density at radius 3 is 2.17 bits per heavy atom. The zero-order valence-electron chi connectivity index (χ0n) is 15.9. The number of hydrogen-bond acceptors (Lipinski definition) is 1. The molecule has 1 aliphatic carbocycles. The summed E-state index contributed by atoms with van der Waals surface area (Å²) in [4.78, 5) is 2.73. The first-order valence-corrected chi connectivity index (χ1v) is 9.63. The average Bonchev–Trinajstić information content (AvgIpc) is 2.97. The van der Waals surface area contributed by atoms with E-state index in [2.05, 4.69) is 63.8 Å². The summed E-state index contributed by atoms with van der Waals surface area (Å²) in [5.41, 5.74) is 4.10. The maximum absolute atomic E-state index is 2.73. The fraction of sp³-hybridized carbons (Fsp3) is 0.727.